The minimum absolute atomic E-state index is 0.0169. The van der Waals surface area contributed by atoms with Crippen LogP contribution in [-0.4, -0.2) is 56.7 Å². The molecule has 0 saturated carbocycles. The Morgan fingerprint density at radius 2 is 1.79 bits per heavy atom. The molecule has 198 valence electrons. The lowest BCUT2D eigenvalue weighted by atomic mass is 10.2. The van der Waals surface area contributed by atoms with Crippen LogP contribution < -0.4 is 10.1 Å². The van der Waals surface area contributed by atoms with E-state index in [-0.39, 0.29) is 23.4 Å². The van der Waals surface area contributed by atoms with Crippen LogP contribution in [0.25, 0.3) is 23.0 Å². The summed E-state index contributed by atoms with van der Waals surface area (Å²) in [6.07, 6.45) is -2.48. The Labute approximate surface area is 216 Å². The van der Waals surface area contributed by atoms with Gasteiger partial charge in [-0.3, -0.25) is 14.4 Å². The number of hydrogen-bond donors (Lipinski definition) is 1. The van der Waals surface area contributed by atoms with E-state index in [1.165, 1.54) is 24.3 Å². The number of nitrogens with zero attached hydrogens (tertiary/aromatic N) is 5. The quantitative estimate of drug-likeness (QED) is 0.349. The summed E-state index contributed by atoms with van der Waals surface area (Å²) in [5, 5.41) is 11.4. The van der Waals surface area contributed by atoms with Gasteiger partial charge < -0.3 is 14.6 Å². The van der Waals surface area contributed by atoms with Crippen LogP contribution in [0.4, 0.5) is 18.9 Å². The predicted octanol–water partition coefficient (Wildman–Crippen LogP) is 4.89. The van der Waals surface area contributed by atoms with E-state index in [9.17, 15) is 18.0 Å². The molecule has 1 saturated heterocycles. The average molecular weight is 527 g/mol. The van der Waals surface area contributed by atoms with Gasteiger partial charge in [-0.25, -0.2) is 0 Å². The molecular formula is C26H25F3N6O3. The molecule has 2 aromatic carbocycles. The van der Waals surface area contributed by atoms with E-state index in [1.54, 1.807) is 4.68 Å². The second-order valence-electron chi connectivity index (χ2n) is 9.05. The van der Waals surface area contributed by atoms with E-state index in [0.29, 0.717) is 24.3 Å². The summed E-state index contributed by atoms with van der Waals surface area (Å²) in [6.45, 7) is 4.74. The molecular weight excluding hydrogens is 501 g/mol. The Hall–Kier alpha value is -4.19. The zero-order valence-electron chi connectivity index (χ0n) is 20.5. The van der Waals surface area contributed by atoms with Crippen molar-refractivity contribution in [1.82, 2.24) is 24.8 Å². The first-order chi connectivity index (χ1) is 18.2. The Kier molecular flexibility index (Phi) is 7.14. The number of rotatable bonds is 8. The average Bonchev–Trinajstić information content (AvgIpc) is 3.62. The first-order valence-corrected chi connectivity index (χ1v) is 12.1. The fraction of sp³-hybridized carbons (Fsp3) is 0.308. The van der Waals surface area contributed by atoms with Crippen molar-refractivity contribution in [1.29, 1.82) is 0 Å². The Morgan fingerprint density at radius 1 is 1.08 bits per heavy atom. The number of likely N-dealkylation sites (tertiary alicyclic amines) is 1. The molecule has 5 rings (SSSR count). The molecule has 3 heterocycles. The van der Waals surface area contributed by atoms with Crippen LogP contribution in [0.1, 0.15) is 24.1 Å². The second-order valence-corrected chi connectivity index (χ2v) is 9.05. The number of hydrogen-bond acceptors (Lipinski definition) is 7. The molecule has 0 aliphatic carbocycles. The highest BCUT2D eigenvalue weighted by Crippen LogP contribution is 2.27. The maximum Gasteiger partial charge on any atom is 0.573 e. The SMILES string of the molecule is Cc1cc(-c2nc(-c3ccc(OC(F)(F)F)cc3)no2)nn1Cc1ccc(NC(=O)CN2CCCC2)cc1. The van der Waals surface area contributed by atoms with Crippen molar-refractivity contribution < 1.29 is 27.2 Å². The van der Waals surface area contributed by atoms with Gasteiger partial charge in [0, 0.05) is 16.9 Å². The van der Waals surface area contributed by atoms with Crippen molar-refractivity contribution >= 4 is 11.6 Å². The standard InChI is InChI=1S/C26H25F3N6O3/c1-17-14-22(25-31-24(33-38-25)19-6-10-21(11-7-19)37-26(27,28)29)32-35(17)15-18-4-8-20(9-5-18)30-23(36)16-34-12-2-3-13-34/h4-11,14H,2-3,12-13,15-16H2,1H3,(H,30,36). The first-order valence-electron chi connectivity index (χ1n) is 12.1. The van der Waals surface area contributed by atoms with Crippen LogP contribution in [0.2, 0.25) is 0 Å². The van der Waals surface area contributed by atoms with Crippen molar-refractivity contribution in [3.05, 3.63) is 65.9 Å². The number of ether oxygens (including phenoxy) is 1. The molecule has 0 spiro atoms. The second kappa shape index (κ2) is 10.7. The largest absolute Gasteiger partial charge is 0.573 e. The zero-order chi connectivity index (χ0) is 26.7. The predicted molar refractivity (Wildman–Crippen MR) is 132 cm³/mol. The molecule has 2 aromatic heterocycles. The van der Waals surface area contributed by atoms with Crippen molar-refractivity contribution in [2.24, 2.45) is 0 Å². The van der Waals surface area contributed by atoms with Gasteiger partial charge in [-0.15, -0.1) is 13.2 Å². The Morgan fingerprint density at radius 3 is 2.47 bits per heavy atom. The monoisotopic (exact) mass is 526 g/mol. The minimum atomic E-state index is -4.76. The summed E-state index contributed by atoms with van der Waals surface area (Å²) in [4.78, 5) is 18.7. The van der Waals surface area contributed by atoms with Gasteiger partial charge in [-0.2, -0.15) is 10.1 Å². The molecule has 0 unspecified atom stereocenters. The van der Waals surface area contributed by atoms with E-state index in [2.05, 4.69) is 30.2 Å². The van der Waals surface area contributed by atoms with E-state index < -0.39 is 6.36 Å². The number of anilines is 1. The summed E-state index contributed by atoms with van der Waals surface area (Å²) in [7, 11) is 0. The van der Waals surface area contributed by atoms with E-state index >= 15 is 0 Å². The number of benzene rings is 2. The summed E-state index contributed by atoms with van der Waals surface area (Å²) in [5.74, 6) is 0.0511. The lowest BCUT2D eigenvalue weighted by molar-refractivity contribution is -0.274. The number of alkyl halides is 3. The van der Waals surface area contributed by atoms with E-state index in [0.717, 1.165) is 42.9 Å². The van der Waals surface area contributed by atoms with Gasteiger partial charge in [0.05, 0.1) is 13.1 Å². The zero-order valence-corrected chi connectivity index (χ0v) is 20.5. The molecule has 0 atom stereocenters. The number of halogens is 3. The van der Waals surface area contributed by atoms with Gasteiger partial charge in [0.25, 0.3) is 5.89 Å². The maximum absolute atomic E-state index is 12.4. The Balaban J connectivity index is 1.21. The van der Waals surface area contributed by atoms with Crippen molar-refractivity contribution in [2.75, 3.05) is 25.0 Å². The van der Waals surface area contributed by atoms with E-state index in [4.69, 9.17) is 4.52 Å². The summed E-state index contributed by atoms with van der Waals surface area (Å²) < 4.78 is 48.1. The molecule has 4 aromatic rings. The molecule has 1 amide bonds. The van der Waals surface area contributed by atoms with Crippen molar-refractivity contribution in [3.63, 3.8) is 0 Å². The number of nitrogens with one attached hydrogen (secondary N) is 1. The molecule has 1 fully saturated rings. The fourth-order valence-electron chi connectivity index (χ4n) is 4.24. The summed E-state index contributed by atoms with van der Waals surface area (Å²) >= 11 is 0. The van der Waals surface area contributed by atoms with Crippen molar-refractivity contribution in [3.8, 4) is 28.7 Å². The Bertz CT molecular complexity index is 1390. The van der Waals surface area contributed by atoms with Crippen LogP contribution in [0.5, 0.6) is 5.75 Å². The molecule has 9 nitrogen and oxygen atoms in total. The topological polar surface area (TPSA) is 98.3 Å². The number of amides is 1. The highest BCUT2D eigenvalue weighted by Gasteiger charge is 2.31. The minimum Gasteiger partial charge on any atom is -0.406 e. The van der Waals surface area contributed by atoms with Crippen LogP contribution >= 0.6 is 0 Å². The number of aromatic nitrogens is 4. The van der Waals surface area contributed by atoms with Gasteiger partial charge in [0.15, 0.2) is 5.69 Å². The van der Waals surface area contributed by atoms with E-state index in [1.807, 2.05) is 37.3 Å². The lowest BCUT2D eigenvalue weighted by Crippen LogP contribution is -2.30. The normalized spacial score (nSPS) is 14.1. The van der Waals surface area contributed by atoms with Crippen LogP contribution in [0, 0.1) is 6.92 Å². The third-order valence-corrected chi connectivity index (χ3v) is 6.11. The third kappa shape index (κ3) is 6.38. The highest BCUT2D eigenvalue weighted by molar-refractivity contribution is 5.92. The summed E-state index contributed by atoms with van der Waals surface area (Å²) in [6, 6.07) is 14.6. The number of carbonyl (C=O) groups excluding carboxylic acids is 1. The maximum atomic E-state index is 12.4. The lowest BCUT2D eigenvalue weighted by Gasteiger charge is -2.14. The number of aryl methyl sites for hydroxylation is 1. The highest BCUT2D eigenvalue weighted by atomic mass is 19.4. The molecule has 1 aliphatic heterocycles. The van der Waals surface area contributed by atoms with Gasteiger partial charge in [0.1, 0.15) is 5.75 Å². The van der Waals surface area contributed by atoms with Gasteiger partial charge in [0.2, 0.25) is 11.7 Å². The summed E-state index contributed by atoms with van der Waals surface area (Å²) in [5.41, 5.74) is 3.55. The molecule has 0 radical (unpaired) electrons. The van der Waals surface area contributed by atoms with Crippen LogP contribution in [-0.2, 0) is 11.3 Å². The third-order valence-electron chi connectivity index (χ3n) is 6.11. The molecule has 0 bridgehead atoms. The fourth-order valence-corrected chi connectivity index (χ4v) is 4.24. The molecule has 12 heteroatoms. The smallest absolute Gasteiger partial charge is 0.406 e. The first kappa shape index (κ1) is 25.5. The van der Waals surface area contributed by atoms with Gasteiger partial charge in [-0.1, -0.05) is 17.3 Å². The van der Waals surface area contributed by atoms with Crippen LogP contribution in [0.3, 0.4) is 0 Å². The number of carbonyl (C=O) groups is 1. The van der Waals surface area contributed by atoms with Crippen molar-refractivity contribution in [2.45, 2.75) is 32.7 Å². The molecule has 38 heavy (non-hydrogen) atoms. The van der Waals surface area contributed by atoms with Crippen LogP contribution in [0.15, 0.2) is 59.1 Å². The van der Waals surface area contributed by atoms with Gasteiger partial charge >= 0.3 is 6.36 Å². The molecule has 1 N–H and O–H groups in total. The molecule has 1 aliphatic rings. The van der Waals surface area contributed by atoms with Gasteiger partial charge in [-0.05, 0) is 80.9 Å².